The van der Waals surface area contributed by atoms with Crippen LogP contribution >= 0.6 is 15.9 Å². The Hall–Kier alpha value is -0.870. The summed E-state index contributed by atoms with van der Waals surface area (Å²) in [6, 6.07) is 3.99. The first-order valence-electron chi connectivity index (χ1n) is 5.86. The van der Waals surface area contributed by atoms with Crippen LogP contribution in [0.25, 0.3) is 0 Å². The van der Waals surface area contributed by atoms with Crippen molar-refractivity contribution in [2.24, 2.45) is 0 Å². The van der Waals surface area contributed by atoms with E-state index in [1.807, 2.05) is 24.0 Å². The number of amides is 1. The number of carbonyl (C=O) groups is 1. The van der Waals surface area contributed by atoms with Gasteiger partial charge in [0.1, 0.15) is 0 Å². The van der Waals surface area contributed by atoms with E-state index in [4.69, 9.17) is 0 Å². The summed E-state index contributed by atoms with van der Waals surface area (Å²) in [6.07, 6.45) is 0. The van der Waals surface area contributed by atoms with E-state index in [0.29, 0.717) is 0 Å². The van der Waals surface area contributed by atoms with Gasteiger partial charge >= 0.3 is 0 Å². The van der Waals surface area contributed by atoms with Gasteiger partial charge in [-0.1, -0.05) is 0 Å². The summed E-state index contributed by atoms with van der Waals surface area (Å²) < 4.78 is 0.893. The Morgan fingerprint density at radius 1 is 1.24 bits per heavy atom. The quantitative estimate of drug-likeness (QED) is 0.861. The second-order valence-corrected chi connectivity index (χ2v) is 5.31. The molecule has 0 aliphatic carbocycles. The lowest BCUT2D eigenvalue weighted by Gasteiger charge is -2.28. The number of hydrogen-bond acceptors (Lipinski definition) is 2. The lowest BCUT2D eigenvalue weighted by Crippen LogP contribution is -2.46. The van der Waals surface area contributed by atoms with Gasteiger partial charge in [-0.15, -0.1) is 0 Å². The standard InChI is InChI=1S/C13H17BrN2O/c1-9-7-11(12(14)8-10(9)2)13(17)16-5-3-15-4-6-16/h7-8,15H,3-6H2,1-2H3. The molecule has 1 aromatic carbocycles. The first-order valence-corrected chi connectivity index (χ1v) is 6.65. The fourth-order valence-electron chi connectivity index (χ4n) is 1.98. The van der Waals surface area contributed by atoms with Gasteiger partial charge in [0.05, 0.1) is 5.56 Å². The zero-order chi connectivity index (χ0) is 12.4. The van der Waals surface area contributed by atoms with Crippen molar-refractivity contribution in [2.45, 2.75) is 13.8 Å². The van der Waals surface area contributed by atoms with Crippen LogP contribution < -0.4 is 5.32 Å². The monoisotopic (exact) mass is 296 g/mol. The van der Waals surface area contributed by atoms with Crippen LogP contribution in [0, 0.1) is 13.8 Å². The van der Waals surface area contributed by atoms with Gasteiger partial charge < -0.3 is 10.2 Å². The smallest absolute Gasteiger partial charge is 0.255 e. The molecule has 1 aromatic rings. The Kier molecular flexibility index (Phi) is 3.84. The molecule has 1 N–H and O–H groups in total. The molecule has 0 radical (unpaired) electrons. The largest absolute Gasteiger partial charge is 0.336 e. The predicted molar refractivity (Wildman–Crippen MR) is 72.4 cm³/mol. The molecule has 1 aliphatic heterocycles. The summed E-state index contributed by atoms with van der Waals surface area (Å²) in [5.74, 6) is 0.126. The molecule has 0 aromatic heterocycles. The maximum absolute atomic E-state index is 12.4. The summed E-state index contributed by atoms with van der Waals surface area (Å²) in [5.41, 5.74) is 3.13. The van der Waals surface area contributed by atoms with Crippen molar-refractivity contribution in [3.05, 3.63) is 33.3 Å². The number of halogens is 1. The second kappa shape index (κ2) is 5.19. The van der Waals surface area contributed by atoms with E-state index in [2.05, 4.69) is 28.2 Å². The molecule has 0 bridgehead atoms. The summed E-state index contributed by atoms with van der Waals surface area (Å²) in [5, 5.41) is 3.25. The highest BCUT2D eigenvalue weighted by Gasteiger charge is 2.20. The van der Waals surface area contributed by atoms with E-state index >= 15 is 0 Å². The molecule has 2 rings (SSSR count). The Bertz CT molecular complexity index is 439. The molecule has 4 heteroatoms. The molecule has 17 heavy (non-hydrogen) atoms. The molecule has 92 valence electrons. The van der Waals surface area contributed by atoms with Crippen LogP contribution in [0.3, 0.4) is 0 Å². The Balaban J connectivity index is 2.26. The zero-order valence-corrected chi connectivity index (χ0v) is 11.8. The van der Waals surface area contributed by atoms with E-state index < -0.39 is 0 Å². The third-order valence-electron chi connectivity index (χ3n) is 3.22. The average Bonchev–Trinajstić information content (AvgIpc) is 2.34. The van der Waals surface area contributed by atoms with E-state index in [-0.39, 0.29) is 5.91 Å². The minimum absolute atomic E-state index is 0.126. The van der Waals surface area contributed by atoms with Crippen molar-refractivity contribution in [3.8, 4) is 0 Å². The fourth-order valence-corrected chi connectivity index (χ4v) is 2.61. The molecule has 0 saturated carbocycles. The number of carbonyl (C=O) groups excluding carboxylic acids is 1. The van der Waals surface area contributed by atoms with Crippen molar-refractivity contribution in [2.75, 3.05) is 26.2 Å². The van der Waals surface area contributed by atoms with Gasteiger partial charge in [-0.2, -0.15) is 0 Å². The third kappa shape index (κ3) is 2.69. The van der Waals surface area contributed by atoms with Crippen LogP contribution in [-0.4, -0.2) is 37.0 Å². The van der Waals surface area contributed by atoms with Gasteiger partial charge in [0.2, 0.25) is 0 Å². The van der Waals surface area contributed by atoms with Gasteiger partial charge in [-0.05, 0) is 53.0 Å². The van der Waals surface area contributed by atoms with E-state index in [1.165, 1.54) is 5.56 Å². The normalized spacial score (nSPS) is 16.1. The molecular formula is C13H17BrN2O. The molecule has 1 aliphatic rings. The minimum atomic E-state index is 0.126. The van der Waals surface area contributed by atoms with Crippen LogP contribution in [0.1, 0.15) is 21.5 Å². The minimum Gasteiger partial charge on any atom is -0.336 e. The number of benzene rings is 1. The summed E-state index contributed by atoms with van der Waals surface area (Å²) in [7, 11) is 0. The molecule has 1 fully saturated rings. The van der Waals surface area contributed by atoms with Crippen molar-refractivity contribution < 1.29 is 4.79 Å². The van der Waals surface area contributed by atoms with Gasteiger partial charge in [-0.25, -0.2) is 0 Å². The van der Waals surface area contributed by atoms with Crippen molar-refractivity contribution >= 4 is 21.8 Å². The number of nitrogens with zero attached hydrogens (tertiary/aromatic N) is 1. The zero-order valence-electron chi connectivity index (χ0n) is 10.2. The number of piperazine rings is 1. The molecule has 0 spiro atoms. The SMILES string of the molecule is Cc1cc(Br)c(C(=O)N2CCNCC2)cc1C. The van der Waals surface area contributed by atoms with Gasteiger partial charge in [-0.3, -0.25) is 4.79 Å². The van der Waals surface area contributed by atoms with E-state index in [1.54, 1.807) is 0 Å². The van der Waals surface area contributed by atoms with Crippen molar-refractivity contribution in [1.82, 2.24) is 10.2 Å². The van der Waals surface area contributed by atoms with Crippen LogP contribution in [-0.2, 0) is 0 Å². The average molecular weight is 297 g/mol. The highest BCUT2D eigenvalue weighted by molar-refractivity contribution is 9.10. The number of nitrogens with one attached hydrogen (secondary N) is 1. The molecule has 1 saturated heterocycles. The topological polar surface area (TPSA) is 32.3 Å². The molecular weight excluding hydrogens is 280 g/mol. The van der Waals surface area contributed by atoms with Gasteiger partial charge in [0, 0.05) is 30.7 Å². The van der Waals surface area contributed by atoms with Crippen LogP contribution in [0.15, 0.2) is 16.6 Å². The summed E-state index contributed by atoms with van der Waals surface area (Å²) in [4.78, 5) is 14.3. The second-order valence-electron chi connectivity index (χ2n) is 4.46. The third-order valence-corrected chi connectivity index (χ3v) is 3.87. The first kappa shape index (κ1) is 12.6. The number of hydrogen-bond donors (Lipinski definition) is 1. The number of aryl methyl sites for hydroxylation is 2. The first-order chi connectivity index (χ1) is 8.09. The Morgan fingerprint density at radius 2 is 1.82 bits per heavy atom. The molecule has 1 heterocycles. The summed E-state index contributed by atoms with van der Waals surface area (Å²) in [6.45, 7) is 7.44. The van der Waals surface area contributed by atoms with Gasteiger partial charge in [0.15, 0.2) is 0 Å². The lowest BCUT2D eigenvalue weighted by molar-refractivity contribution is 0.0735. The molecule has 1 amide bonds. The van der Waals surface area contributed by atoms with E-state index in [0.717, 1.165) is 41.8 Å². The van der Waals surface area contributed by atoms with Crippen LogP contribution in [0.5, 0.6) is 0 Å². The number of rotatable bonds is 1. The van der Waals surface area contributed by atoms with Gasteiger partial charge in [0.25, 0.3) is 5.91 Å². The highest BCUT2D eigenvalue weighted by Crippen LogP contribution is 2.23. The predicted octanol–water partition coefficient (Wildman–Crippen LogP) is 2.11. The molecule has 3 nitrogen and oxygen atoms in total. The Morgan fingerprint density at radius 3 is 2.47 bits per heavy atom. The molecule has 0 unspecified atom stereocenters. The maximum atomic E-state index is 12.4. The molecule has 0 atom stereocenters. The van der Waals surface area contributed by atoms with E-state index in [9.17, 15) is 4.79 Å². The fraction of sp³-hybridized carbons (Fsp3) is 0.462. The lowest BCUT2D eigenvalue weighted by atomic mass is 10.1. The van der Waals surface area contributed by atoms with Crippen molar-refractivity contribution in [1.29, 1.82) is 0 Å². The Labute approximate surface area is 110 Å². The summed E-state index contributed by atoms with van der Waals surface area (Å²) >= 11 is 3.49. The highest BCUT2D eigenvalue weighted by atomic mass is 79.9. The van der Waals surface area contributed by atoms with Crippen LogP contribution in [0.2, 0.25) is 0 Å². The maximum Gasteiger partial charge on any atom is 0.255 e. The van der Waals surface area contributed by atoms with Crippen LogP contribution in [0.4, 0.5) is 0 Å². The van der Waals surface area contributed by atoms with Crippen molar-refractivity contribution in [3.63, 3.8) is 0 Å².